The fourth-order valence-electron chi connectivity index (χ4n) is 3.56. The molecule has 4 aromatic rings. The number of aromatic nitrogens is 3. The van der Waals surface area contributed by atoms with Crippen LogP contribution >= 0.6 is 11.6 Å². The number of ether oxygens (including phenoxy) is 2. The number of likely N-dealkylation sites (N-methyl/N-ethyl adjacent to an activating group) is 1. The van der Waals surface area contributed by atoms with Crippen LogP contribution in [0.15, 0.2) is 67.1 Å². The van der Waals surface area contributed by atoms with E-state index in [0.717, 1.165) is 41.1 Å². The summed E-state index contributed by atoms with van der Waals surface area (Å²) in [6.45, 7) is 6.31. The number of nitrogens with one attached hydrogen (secondary N) is 1. The molecule has 0 aliphatic rings. The van der Waals surface area contributed by atoms with E-state index in [0.29, 0.717) is 23.2 Å². The Hall–Kier alpha value is -3.42. The van der Waals surface area contributed by atoms with Gasteiger partial charge in [-0.25, -0.2) is 9.97 Å². The lowest BCUT2D eigenvalue weighted by Gasteiger charge is -2.22. The van der Waals surface area contributed by atoms with Gasteiger partial charge in [0, 0.05) is 18.4 Å². The maximum Gasteiger partial charge on any atom is 0.145 e. The maximum atomic E-state index is 6.49. The Bertz CT molecular complexity index is 1230. The molecule has 1 atom stereocenters. The molecule has 0 unspecified atom stereocenters. The van der Waals surface area contributed by atoms with E-state index in [1.165, 1.54) is 6.33 Å². The molecule has 0 saturated carbocycles. The minimum Gasteiger partial charge on any atom is -0.489 e. The zero-order valence-electron chi connectivity index (χ0n) is 19.5. The zero-order chi connectivity index (χ0) is 23.9. The van der Waals surface area contributed by atoms with Gasteiger partial charge in [0.1, 0.15) is 36.4 Å². The first kappa shape index (κ1) is 23.7. The largest absolute Gasteiger partial charge is 0.489 e. The quantitative estimate of drug-likeness (QED) is 0.313. The average Bonchev–Trinajstić information content (AvgIpc) is 2.84. The normalized spacial score (nSPS) is 12.0. The molecule has 8 heteroatoms. The molecule has 0 bridgehead atoms. The van der Waals surface area contributed by atoms with E-state index in [-0.39, 0.29) is 6.10 Å². The summed E-state index contributed by atoms with van der Waals surface area (Å²) in [5, 5.41) is 4.67. The van der Waals surface area contributed by atoms with Gasteiger partial charge in [0.2, 0.25) is 0 Å². The van der Waals surface area contributed by atoms with Gasteiger partial charge in [-0.1, -0.05) is 30.7 Å². The van der Waals surface area contributed by atoms with E-state index >= 15 is 0 Å². The minimum absolute atomic E-state index is 0.00795. The van der Waals surface area contributed by atoms with Crippen LogP contribution in [0.25, 0.3) is 10.9 Å². The van der Waals surface area contributed by atoms with Crippen LogP contribution in [-0.4, -0.2) is 46.1 Å². The monoisotopic (exact) mass is 477 g/mol. The Morgan fingerprint density at radius 1 is 1.03 bits per heavy atom. The molecular formula is C26H28ClN5O2. The Kier molecular flexibility index (Phi) is 7.77. The SMILES string of the molecule is CCN(C)C[C@@H](C)Oc1cccc2ncnc(Nc3ccc(OCc4ccccn4)c(Cl)c3)c12. The summed E-state index contributed by atoms with van der Waals surface area (Å²) in [5.41, 5.74) is 2.41. The predicted molar refractivity (Wildman–Crippen MR) is 136 cm³/mol. The van der Waals surface area contributed by atoms with Crippen molar-refractivity contribution in [2.45, 2.75) is 26.6 Å². The van der Waals surface area contributed by atoms with Gasteiger partial charge in [-0.3, -0.25) is 4.98 Å². The second-order valence-electron chi connectivity index (χ2n) is 8.04. The van der Waals surface area contributed by atoms with Gasteiger partial charge in [0.15, 0.2) is 0 Å². The molecule has 0 fully saturated rings. The first-order chi connectivity index (χ1) is 16.5. The highest BCUT2D eigenvalue weighted by Crippen LogP contribution is 2.34. The van der Waals surface area contributed by atoms with Crippen molar-refractivity contribution < 1.29 is 9.47 Å². The van der Waals surface area contributed by atoms with Crippen LogP contribution in [0.1, 0.15) is 19.5 Å². The smallest absolute Gasteiger partial charge is 0.145 e. The zero-order valence-corrected chi connectivity index (χ0v) is 20.3. The van der Waals surface area contributed by atoms with Crippen LogP contribution in [0.4, 0.5) is 11.5 Å². The maximum absolute atomic E-state index is 6.49. The van der Waals surface area contributed by atoms with E-state index in [1.807, 2.05) is 54.6 Å². The summed E-state index contributed by atoms with van der Waals surface area (Å²) in [6, 6.07) is 17.1. The van der Waals surface area contributed by atoms with Gasteiger partial charge in [-0.15, -0.1) is 0 Å². The Morgan fingerprint density at radius 2 is 1.91 bits per heavy atom. The number of anilines is 2. The Labute approximate surface area is 204 Å². The van der Waals surface area contributed by atoms with Gasteiger partial charge in [-0.2, -0.15) is 0 Å². The van der Waals surface area contributed by atoms with Gasteiger partial charge in [-0.05, 0) is 63.0 Å². The van der Waals surface area contributed by atoms with Crippen molar-refractivity contribution in [2.24, 2.45) is 0 Å². The van der Waals surface area contributed by atoms with Crippen molar-refractivity contribution in [1.82, 2.24) is 19.9 Å². The van der Waals surface area contributed by atoms with Crippen molar-refractivity contribution in [2.75, 3.05) is 25.5 Å². The highest BCUT2D eigenvalue weighted by molar-refractivity contribution is 6.32. The van der Waals surface area contributed by atoms with Crippen LogP contribution in [0.5, 0.6) is 11.5 Å². The van der Waals surface area contributed by atoms with Gasteiger partial charge < -0.3 is 19.7 Å². The van der Waals surface area contributed by atoms with Crippen molar-refractivity contribution >= 4 is 34.0 Å². The van der Waals surface area contributed by atoms with E-state index in [2.05, 4.69) is 46.1 Å². The summed E-state index contributed by atoms with van der Waals surface area (Å²) in [4.78, 5) is 15.4. The molecule has 0 aliphatic heterocycles. The van der Waals surface area contributed by atoms with Crippen molar-refractivity contribution in [3.05, 3.63) is 77.8 Å². The van der Waals surface area contributed by atoms with Gasteiger partial charge in [0.05, 0.1) is 21.6 Å². The molecule has 0 radical (unpaired) electrons. The number of hydrogen-bond acceptors (Lipinski definition) is 7. The molecule has 2 heterocycles. The lowest BCUT2D eigenvalue weighted by Crippen LogP contribution is -2.30. The third-order valence-electron chi connectivity index (χ3n) is 5.36. The van der Waals surface area contributed by atoms with Crippen LogP contribution in [0.2, 0.25) is 5.02 Å². The fourth-order valence-corrected chi connectivity index (χ4v) is 3.80. The van der Waals surface area contributed by atoms with Crippen LogP contribution < -0.4 is 14.8 Å². The summed E-state index contributed by atoms with van der Waals surface area (Å²) < 4.78 is 12.1. The van der Waals surface area contributed by atoms with Crippen LogP contribution in [-0.2, 0) is 6.61 Å². The topological polar surface area (TPSA) is 72.4 Å². The standard InChI is InChI=1S/C26H28ClN5O2/c1-4-32(3)15-18(2)34-24-10-7-9-22-25(24)26(30-17-29-22)31-19-11-12-23(21(27)14-19)33-16-20-8-5-6-13-28-20/h5-14,17-18H,4,15-16H2,1-3H3,(H,29,30,31)/t18-/m1/s1. The third kappa shape index (κ3) is 5.92. The number of pyridine rings is 1. The molecule has 4 rings (SSSR count). The number of halogens is 1. The lowest BCUT2D eigenvalue weighted by atomic mass is 10.2. The predicted octanol–water partition coefficient (Wildman–Crippen LogP) is 5.72. The molecule has 1 N–H and O–H groups in total. The van der Waals surface area contributed by atoms with E-state index in [9.17, 15) is 0 Å². The first-order valence-corrected chi connectivity index (χ1v) is 11.6. The minimum atomic E-state index is 0.00795. The van der Waals surface area contributed by atoms with E-state index in [4.69, 9.17) is 21.1 Å². The number of benzene rings is 2. The average molecular weight is 478 g/mol. The number of hydrogen-bond donors (Lipinski definition) is 1. The molecule has 2 aromatic carbocycles. The van der Waals surface area contributed by atoms with Crippen molar-refractivity contribution in [3.8, 4) is 11.5 Å². The summed E-state index contributed by atoms with van der Waals surface area (Å²) in [7, 11) is 2.08. The molecule has 0 saturated heterocycles. The fraction of sp³-hybridized carbons (Fsp3) is 0.269. The van der Waals surface area contributed by atoms with Crippen LogP contribution in [0, 0.1) is 0 Å². The molecule has 34 heavy (non-hydrogen) atoms. The van der Waals surface area contributed by atoms with E-state index in [1.54, 1.807) is 6.20 Å². The van der Waals surface area contributed by atoms with Gasteiger partial charge >= 0.3 is 0 Å². The second-order valence-corrected chi connectivity index (χ2v) is 8.44. The molecule has 7 nitrogen and oxygen atoms in total. The molecule has 0 spiro atoms. The van der Waals surface area contributed by atoms with Crippen molar-refractivity contribution in [3.63, 3.8) is 0 Å². The first-order valence-electron chi connectivity index (χ1n) is 11.2. The highest BCUT2D eigenvalue weighted by Gasteiger charge is 2.14. The van der Waals surface area contributed by atoms with E-state index < -0.39 is 0 Å². The molecule has 0 amide bonds. The molecule has 0 aliphatic carbocycles. The second kappa shape index (κ2) is 11.1. The number of fused-ring (bicyclic) bond motifs is 1. The molecule has 176 valence electrons. The molecular weight excluding hydrogens is 450 g/mol. The summed E-state index contributed by atoms with van der Waals surface area (Å²) >= 11 is 6.49. The van der Waals surface area contributed by atoms with Gasteiger partial charge in [0.25, 0.3) is 0 Å². The Morgan fingerprint density at radius 3 is 2.68 bits per heavy atom. The Balaban J connectivity index is 1.54. The number of nitrogens with zero attached hydrogens (tertiary/aromatic N) is 4. The highest BCUT2D eigenvalue weighted by atomic mass is 35.5. The lowest BCUT2D eigenvalue weighted by molar-refractivity contribution is 0.168. The third-order valence-corrected chi connectivity index (χ3v) is 5.65. The summed E-state index contributed by atoms with van der Waals surface area (Å²) in [5.74, 6) is 1.97. The summed E-state index contributed by atoms with van der Waals surface area (Å²) in [6.07, 6.45) is 3.28. The van der Waals surface area contributed by atoms with Crippen LogP contribution in [0.3, 0.4) is 0 Å². The molecule has 2 aromatic heterocycles. The van der Waals surface area contributed by atoms with Crippen molar-refractivity contribution in [1.29, 1.82) is 0 Å². The number of rotatable bonds is 10.